The van der Waals surface area contributed by atoms with Crippen LogP contribution in [0.4, 0.5) is 0 Å². The first-order chi connectivity index (χ1) is 13.2. The number of rotatable bonds is 7. The van der Waals surface area contributed by atoms with Crippen molar-refractivity contribution in [1.29, 1.82) is 0 Å². The standard InChI is InChI=1S/C21H25N3O3/c1-2-18(23-21(26)16-9-11-22-12-10-16)17-7-3-4-8-19(17)27-15-20(25)24-13-5-6-14-24/h3-4,7-12,18H,2,5-6,13-15H2,1H3,(H,23,26)/t18-/m0/s1. The molecule has 1 aliphatic rings. The largest absolute Gasteiger partial charge is 0.483 e. The molecule has 1 aromatic carbocycles. The van der Waals surface area contributed by atoms with E-state index in [1.54, 1.807) is 24.5 Å². The van der Waals surface area contributed by atoms with E-state index in [0.29, 0.717) is 17.7 Å². The molecule has 1 fully saturated rings. The Kier molecular flexibility index (Phi) is 6.41. The van der Waals surface area contributed by atoms with Gasteiger partial charge in [0.25, 0.3) is 11.8 Å². The first-order valence-corrected chi connectivity index (χ1v) is 9.39. The molecule has 0 radical (unpaired) electrons. The minimum absolute atomic E-state index is 0.0103. The highest BCUT2D eigenvalue weighted by Gasteiger charge is 2.21. The number of aromatic nitrogens is 1. The highest BCUT2D eigenvalue weighted by atomic mass is 16.5. The van der Waals surface area contributed by atoms with E-state index in [1.165, 1.54) is 0 Å². The van der Waals surface area contributed by atoms with E-state index < -0.39 is 0 Å². The second kappa shape index (κ2) is 9.16. The Morgan fingerprint density at radius 3 is 2.56 bits per heavy atom. The maximum atomic E-state index is 12.5. The van der Waals surface area contributed by atoms with Crippen LogP contribution in [0.25, 0.3) is 0 Å². The lowest BCUT2D eigenvalue weighted by molar-refractivity contribution is -0.132. The summed E-state index contributed by atoms with van der Waals surface area (Å²) in [6, 6.07) is 10.7. The lowest BCUT2D eigenvalue weighted by Crippen LogP contribution is -2.32. The number of hydrogen-bond acceptors (Lipinski definition) is 4. The molecular weight excluding hydrogens is 342 g/mol. The van der Waals surface area contributed by atoms with Crippen LogP contribution < -0.4 is 10.1 Å². The molecule has 27 heavy (non-hydrogen) atoms. The molecular formula is C21H25N3O3. The van der Waals surface area contributed by atoms with E-state index >= 15 is 0 Å². The van der Waals surface area contributed by atoms with E-state index in [4.69, 9.17) is 4.74 Å². The molecule has 1 N–H and O–H groups in total. The molecule has 2 heterocycles. The van der Waals surface area contributed by atoms with Crippen molar-refractivity contribution in [1.82, 2.24) is 15.2 Å². The summed E-state index contributed by atoms with van der Waals surface area (Å²) in [5.74, 6) is 0.482. The van der Waals surface area contributed by atoms with Gasteiger partial charge in [0.05, 0.1) is 6.04 Å². The average Bonchev–Trinajstić information content (AvgIpc) is 3.26. The molecule has 1 saturated heterocycles. The van der Waals surface area contributed by atoms with Crippen LogP contribution in [0.2, 0.25) is 0 Å². The first kappa shape index (κ1) is 18.9. The smallest absolute Gasteiger partial charge is 0.260 e. The van der Waals surface area contributed by atoms with Crippen LogP contribution in [-0.2, 0) is 4.79 Å². The van der Waals surface area contributed by atoms with Crippen molar-refractivity contribution in [3.05, 3.63) is 59.9 Å². The summed E-state index contributed by atoms with van der Waals surface area (Å²) in [4.78, 5) is 30.5. The van der Waals surface area contributed by atoms with Gasteiger partial charge in [-0.05, 0) is 37.5 Å². The minimum Gasteiger partial charge on any atom is -0.483 e. The fourth-order valence-electron chi connectivity index (χ4n) is 3.24. The Labute approximate surface area is 159 Å². The second-order valence-electron chi connectivity index (χ2n) is 6.58. The van der Waals surface area contributed by atoms with Crippen LogP contribution in [-0.4, -0.2) is 41.4 Å². The van der Waals surface area contributed by atoms with Gasteiger partial charge in [-0.3, -0.25) is 14.6 Å². The fraction of sp³-hybridized carbons (Fsp3) is 0.381. The highest BCUT2D eigenvalue weighted by Crippen LogP contribution is 2.27. The van der Waals surface area contributed by atoms with Crippen LogP contribution in [0.5, 0.6) is 5.75 Å². The molecule has 1 aliphatic heterocycles. The van der Waals surface area contributed by atoms with Gasteiger partial charge in [-0.15, -0.1) is 0 Å². The fourth-order valence-corrected chi connectivity index (χ4v) is 3.24. The van der Waals surface area contributed by atoms with Gasteiger partial charge in [0.2, 0.25) is 0 Å². The summed E-state index contributed by atoms with van der Waals surface area (Å²) in [5.41, 5.74) is 1.43. The van der Waals surface area contributed by atoms with Crippen molar-refractivity contribution < 1.29 is 14.3 Å². The topological polar surface area (TPSA) is 71.5 Å². The number of amides is 2. The van der Waals surface area contributed by atoms with E-state index in [1.807, 2.05) is 36.1 Å². The molecule has 6 nitrogen and oxygen atoms in total. The van der Waals surface area contributed by atoms with Crippen molar-refractivity contribution in [2.75, 3.05) is 19.7 Å². The summed E-state index contributed by atoms with van der Waals surface area (Å²) < 4.78 is 5.83. The SMILES string of the molecule is CC[C@H](NC(=O)c1ccncc1)c1ccccc1OCC(=O)N1CCCC1. The number of nitrogens with one attached hydrogen (secondary N) is 1. The third-order valence-electron chi connectivity index (χ3n) is 4.76. The third kappa shape index (κ3) is 4.84. The van der Waals surface area contributed by atoms with Crippen molar-refractivity contribution in [3.8, 4) is 5.75 Å². The van der Waals surface area contributed by atoms with Gasteiger partial charge in [-0.2, -0.15) is 0 Å². The average molecular weight is 367 g/mol. The number of ether oxygens (including phenoxy) is 1. The molecule has 2 aromatic rings. The van der Waals surface area contributed by atoms with Crippen molar-refractivity contribution >= 4 is 11.8 Å². The van der Waals surface area contributed by atoms with E-state index in [2.05, 4.69) is 10.3 Å². The van der Waals surface area contributed by atoms with Crippen LogP contribution in [0.1, 0.15) is 48.1 Å². The van der Waals surface area contributed by atoms with E-state index in [0.717, 1.165) is 31.5 Å². The molecule has 6 heteroatoms. The van der Waals surface area contributed by atoms with Crippen LogP contribution in [0, 0.1) is 0 Å². The van der Waals surface area contributed by atoms with Crippen molar-refractivity contribution in [3.63, 3.8) is 0 Å². The molecule has 3 rings (SSSR count). The van der Waals surface area contributed by atoms with Crippen LogP contribution in [0.3, 0.4) is 0 Å². The molecule has 0 spiro atoms. The molecule has 2 amide bonds. The van der Waals surface area contributed by atoms with Gasteiger partial charge in [0, 0.05) is 36.6 Å². The zero-order valence-corrected chi connectivity index (χ0v) is 15.6. The predicted octanol–water partition coefficient (Wildman–Crippen LogP) is 2.96. The zero-order chi connectivity index (χ0) is 19.1. The van der Waals surface area contributed by atoms with Crippen molar-refractivity contribution in [2.24, 2.45) is 0 Å². The Balaban J connectivity index is 1.68. The third-order valence-corrected chi connectivity index (χ3v) is 4.76. The molecule has 142 valence electrons. The summed E-state index contributed by atoms with van der Waals surface area (Å²) in [7, 11) is 0. The van der Waals surface area contributed by atoms with Crippen LogP contribution >= 0.6 is 0 Å². The second-order valence-corrected chi connectivity index (χ2v) is 6.58. The Bertz CT molecular complexity index is 773. The number of para-hydroxylation sites is 1. The van der Waals surface area contributed by atoms with Gasteiger partial charge in [0.1, 0.15) is 5.75 Å². The summed E-state index contributed by atoms with van der Waals surface area (Å²) >= 11 is 0. The summed E-state index contributed by atoms with van der Waals surface area (Å²) in [6.07, 6.45) is 6.01. The van der Waals surface area contributed by atoms with Crippen LogP contribution in [0.15, 0.2) is 48.8 Å². The molecule has 1 aromatic heterocycles. The highest BCUT2D eigenvalue weighted by molar-refractivity contribution is 5.94. The van der Waals surface area contributed by atoms with Gasteiger partial charge >= 0.3 is 0 Å². The minimum atomic E-state index is -0.205. The van der Waals surface area contributed by atoms with Gasteiger partial charge in [-0.25, -0.2) is 0 Å². The van der Waals surface area contributed by atoms with E-state index in [-0.39, 0.29) is 24.5 Å². The van der Waals surface area contributed by atoms with Gasteiger partial charge < -0.3 is 15.0 Å². The maximum Gasteiger partial charge on any atom is 0.260 e. The molecule has 0 saturated carbocycles. The lowest BCUT2D eigenvalue weighted by atomic mass is 10.0. The number of carbonyl (C=O) groups is 2. The molecule has 0 aliphatic carbocycles. The number of nitrogens with zero attached hydrogens (tertiary/aromatic N) is 2. The normalized spacial score (nSPS) is 14.6. The predicted molar refractivity (Wildman–Crippen MR) is 102 cm³/mol. The van der Waals surface area contributed by atoms with Gasteiger partial charge in [-0.1, -0.05) is 25.1 Å². The summed E-state index contributed by atoms with van der Waals surface area (Å²) in [5, 5.41) is 3.04. The van der Waals surface area contributed by atoms with Gasteiger partial charge in [0.15, 0.2) is 6.61 Å². The van der Waals surface area contributed by atoms with Crippen molar-refractivity contribution in [2.45, 2.75) is 32.2 Å². The number of carbonyl (C=O) groups excluding carboxylic acids is 2. The Hall–Kier alpha value is -2.89. The maximum absolute atomic E-state index is 12.5. The zero-order valence-electron chi connectivity index (χ0n) is 15.6. The molecule has 0 bridgehead atoms. The number of pyridine rings is 1. The Morgan fingerprint density at radius 2 is 1.85 bits per heavy atom. The first-order valence-electron chi connectivity index (χ1n) is 9.39. The van der Waals surface area contributed by atoms with E-state index in [9.17, 15) is 9.59 Å². The summed E-state index contributed by atoms with van der Waals surface area (Å²) in [6.45, 7) is 3.64. The number of benzene rings is 1. The molecule has 0 unspecified atom stereocenters. The Morgan fingerprint density at radius 1 is 1.15 bits per heavy atom. The number of hydrogen-bond donors (Lipinski definition) is 1. The monoisotopic (exact) mass is 367 g/mol. The lowest BCUT2D eigenvalue weighted by Gasteiger charge is -2.21. The number of likely N-dealkylation sites (tertiary alicyclic amines) is 1. The molecule has 1 atom stereocenters. The quantitative estimate of drug-likeness (QED) is 0.817.